The van der Waals surface area contributed by atoms with E-state index in [1.54, 1.807) is 17.2 Å². The van der Waals surface area contributed by atoms with Gasteiger partial charge in [0.15, 0.2) is 0 Å². The summed E-state index contributed by atoms with van der Waals surface area (Å²) < 4.78 is 6.04. The van der Waals surface area contributed by atoms with Crippen molar-refractivity contribution in [3.05, 3.63) is 28.2 Å². The molecule has 0 bridgehead atoms. The normalized spacial score (nSPS) is 53.7. The van der Waals surface area contributed by atoms with Gasteiger partial charge in [-0.2, -0.15) is 4.91 Å². The third kappa shape index (κ3) is 1.70. The van der Waals surface area contributed by atoms with E-state index in [9.17, 15) is 9.70 Å². The monoisotopic (exact) mass is 353 g/mol. The summed E-state index contributed by atoms with van der Waals surface area (Å²) in [5, 5.41) is 3.34. The number of rotatable bonds is 1. The molecule has 1 aliphatic heterocycles. The van der Waals surface area contributed by atoms with Gasteiger partial charge in [-0.15, -0.1) is 0 Å². The summed E-state index contributed by atoms with van der Waals surface area (Å²) in [5.41, 5.74) is 3.07. The maximum absolute atomic E-state index is 12.0. The second-order valence-electron chi connectivity index (χ2n) is 9.98. The molecule has 138 valence electrons. The van der Waals surface area contributed by atoms with Crippen LogP contribution in [-0.4, -0.2) is 17.6 Å². The summed E-state index contributed by atoms with van der Waals surface area (Å²) in [5.74, 6) is 3.32. The Kier molecular flexibility index (Phi) is 2.93. The molecule has 0 saturated heterocycles. The van der Waals surface area contributed by atoms with Crippen LogP contribution in [0.25, 0.3) is 0 Å². The van der Waals surface area contributed by atoms with Crippen molar-refractivity contribution in [2.75, 3.05) is 0 Å². The van der Waals surface area contributed by atoms with Gasteiger partial charge in [-0.25, -0.2) is 4.79 Å². The minimum absolute atomic E-state index is 0.0183. The molecule has 1 heterocycles. The van der Waals surface area contributed by atoms with Crippen LogP contribution >= 0.6 is 0 Å². The maximum atomic E-state index is 12.0. The van der Waals surface area contributed by atoms with Gasteiger partial charge < -0.3 is 4.74 Å². The Balaban J connectivity index is 1.36. The first-order valence-electron chi connectivity index (χ1n) is 10.5. The predicted octanol–water partition coefficient (Wildman–Crippen LogP) is 4.55. The number of fused-ring (bicyclic) bond motifs is 8. The quantitative estimate of drug-likeness (QED) is 0.395. The van der Waals surface area contributed by atoms with E-state index in [4.69, 9.17) is 4.74 Å². The Labute approximate surface area is 154 Å². The van der Waals surface area contributed by atoms with Crippen molar-refractivity contribution < 1.29 is 9.53 Å². The number of allylic oxidation sites excluding steroid dienone is 1. The molecule has 0 aromatic heterocycles. The molecule has 6 rings (SSSR count). The number of carbonyl (C=O) groups is 1. The van der Waals surface area contributed by atoms with Crippen molar-refractivity contribution in [1.29, 1.82) is 0 Å². The molecule has 3 fully saturated rings. The molecule has 4 nitrogen and oxygen atoms in total. The van der Waals surface area contributed by atoms with Crippen LogP contribution in [-0.2, 0) is 9.53 Å². The van der Waals surface area contributed by atoms with Crippen molar-refractivity contribution in [3.8, 4) is 0 Å². The molecule has 0 aromatic carbocycles. The first-order chi connectivity index (χ1) is 12.6. The van der Waals surface area contributed by atoms with Gasteiger partial charge in [-0.1, -0.05) is 23.2 Å². The van der Waals surface area contributed by atoms with Crippen LogP contribution in [0.2, 0.25) is 0 Å². The van der Waals surface area contributed by atoms with E-state index in [0.29, 0.717) is 17.8 Å². The van der Waals surface area contributed by atoms with Gasteiger partial charge in [0.05, 0.1) is 6.04 Å². The van der Waals surface area contributed by atoms with Gasteiger partial charge >= 0.3 is 5.97 Å². The number of hydrogen-bond donors (Lipinski definition) is 0. The zero-order valence-corrected chi connectivity index (χ0v) is 15.4. The lowest BCUT2D eigenvalue weighted by molar-refractivity contribution is -0.165. The van der Waals surface area contributed by atoms with E-state index in [-0.39, 0.29) is 23.0 Å². The summed E-state index contributed by atoms with van der Waals surface area (Å²) in [4.78, 5) is 23.0. The highest BCUT2D eigenvalue weighted by Crippen LogP contribution is 2.77. The van der Waals surface area contributed by atoms with E-state index in [1.807, 2.05) is 0 Å². The Morgan fingerprint density at radius 1 is 1.19 bits per heavy atom. The number of ether oxygens (including phenoxy) is 1. The number of nitroso groups, excluding NO2 is 1. The fourth-order valence-electron chi connectivity index (χ4n) is 8.24. The van der Waals surface area contributed by atoms with Gasteiger partial charge in [0.25, 0.3) is 0 Å². The zero-order chi connectivity index (χ0) is 17.7. The third-order valence-electron chi connectivity index (χ3n) is 9.23. The molecule has 0 amide bonds. The lowest BCUT2D eigenvalue weighted by Crippen LogP contribution is -2.54. The molecule has 0 N–H and O–H groups in total. The third-order valence-corrected chi connectivity index (χ3v) is 9.23. The molecule has 1 spiro atoms. The number of esters is 1. The lowest BCUT2D eigenvalue weighted by Gasteiger charge is -2.55. The summed E-state index contributed by atoms with van der Waals surface area (Å²) in [6, 6.07) is 0.0183. The maximum Gasteiger partial charge on any atom is 0.331 e. The van der Waals surface area contributed by atoms with Crippen LogP contribution in [0.15, 0.2) is 28.5 Å². The van der Waals surface area contributed by atoms with Crippen molar-refractivity contribution in [3.63, 3.8) is 0 Å². The molecule has 4 heteroatoms. The molecule has 0 radical (unpaired) electrons. The molecule has 8 atom stereocenters. The second-order valence-corrected chi connectivity index (χ2v) is 9.98. The highest BCUT2D eigenvalue weighted by atomic mass is 16.6. The Morgan fingerprint density at radius 3 is 2.85 bits per heavy atom. The minimum atomic E-state index is -0.307. The Bertz CT molecular complexity index is 769. The zero-order valence-electron chi connectivity index (χ0n) is 15.4. The molecule has 3 saturated carbocycles. The summed E-state index contributed by atoms with van der Waals surface area (Å²) in [6.45, 7) is 2.42. The predicted molar refractivity (Wildman–Crippen MR) is 97.1 cm³/mol. The summed E-state index contributed by atoms with van der Waals surface area (Å²) in [7, 11) is 0. The van der Waals surface area contributed by atoms with E-state index in [0.717, 1.165) is 43.9 Å². The largest absolute Gasteiger partial charge is 0.451 e. The molecular formula is C22H27NO3. The van der Waals surface area contributed by atoms with Crippen LogP contribution in [0.1, 0.15) is 58.3 Å². The van der Waals surface area contributed by atoms with Gasteiger partial charge in [0, 0.05) is 17.4 Å². The smallest absolute Gasteiger partial charge is 0.331 e. The summed E-state index contributed by atoms with van der Waals surface area (Å²) in [6.07, 6.45) is 12.8. The summed E-state index contributed by atoms with van der Waals surface area (Å²) >= 11 is 0. The minimum Gasteiger partial charge on any atom is -0.451 e. The topological polar surface area (TPSA) is 55.7 Å². The fourth-order valence-corrected chi connectivity index (χ4v) is 8.24. The first-order valence-corrected chi connectivity index (χ1v) is 10.5. The van der Waals surface area contributed by atoms with Crippen LogP contribution in [0.4, 0.5) is 0 Å². The highest BCUT2D eigenvalue weighted by Gasteiger charge is 2.77. The molecule has 0 aromatic rings. The molecular weight excluding hydrogens is 326 g/mol. The van der Waals surface area contributed by atoms with Gasteiger partial charge in [0.2, 0.25) is 0 Å². The van der Waals surface area contributed by atoms with Gasteiger partial charge in [0.1, 0.15) is 5.60 Å². The van der Waals surface area contributed by atoms with E-state index < -0.39 is 0 Å². The van der Waals surface area contributed by atoms with Gasteiger partial charge in [-0.3, -0.25) is 0 Å². The fraction of sp³-hybridized carbons (Fsp3) is 0.773. The Morgan fingerprint density at radius 2 is 2.08 bits per heavy atom. The molecule has 26 heavy (non-hydrogen) atoms. The van der Waals surface area contributed by atoms with Crippen molar-refractivity contribution >= 4 is 5.97 Å². The second kappa shape index (κ2) is 4.88. The van der Waals surface area contributed by atoms with Crippen molar-refractivity contribution in [2.24, 2.45) is 40.2 Å². The van der Waals surface area contributed by atoms with E-state index >= 15 is 0 Å². The van der Waals surface area contributed by atoms with E-state index in [1.165, 1.54) is 19.3 Å². The average molecular weight is 353 g/mol. The van der Waals surface area contributed by atoms with Crippen LogP contribution < -0.4 is 0 Å². The number of hydrogen-bond acceptors (Lipinski definition) is 4. The number of nitrogens with zero attached hydrogens (tertiary/aromatic N) is 1. The Hall–Kier alpha value is -1.45. The highest BCUT2D eigenvalue weighted by molar-refractivity contribution is 5.85. The lowest BCUT2D eigenvalue weighted by atomic mass is 9.50. The van der Waals surface area contributed by atoms with Crippen LogP contribution in [0.3, 0.4) is 0 Å². The van der Waals surface area contributed by atoms with Gasteiger partial charge in [-0.05, 0) is 81.1 Å². The average Bonchev–Trinajstić information content (AvgIpc) is 3.29. The molecule has 5 aliphatic carbocycles. The van der Waals surface area contributed by atoms with Crippen molar-refractivity contribution in [2.45, 2.75) is 69.9 Å². The molecule has 6 unspecified atom stereocenters. The SMILES string of the molecule is C[C@]12CCC3C4=C(CCC3C1C1CC1[C@@]21C=CC(=O)O1)CC(N=O)CC4. The standard InChI is InChI=1S/C22H27NO3/c1-21-8-6-15-14-5-3-13(23-25)10-12(14)2-4-16(15)20(21)17-11-18(17)22(21)9-7-19(24)26-22/h7,9,13,15-18,20H,2-6,8,10-11H2,1H3/t13?,15?,16?,17?,18?,20?,21-,22-/m0/s1. The van der Waals surface area contributed by atoms with Crippen LogP contribution in [0.5, 0.6) is 0 Å². The number of carbonyl (C=O) groups excluding carboxylic acids is 1. The van der Waals surface area contributed by atoms with Crippen LogP contribution in [0, 0.1) is 39.9 Å². The molecule has 6 aliphatic rings. The first kappa shape index (κ1) is 15.6. The van der Waals surface area contributed by atoms with Crippen molar-refractivity contribution in [1.82, 2.24) is 0 Å². The van der Waals surface area contributed by atoms with E-state index in [2.05, 4.69) is 18.2 Å².